The molecule has 0 bridgehead atoms. The maximum atomic E-state index is 12.8. The van der Waals surface area contributed by atoms with Gasteiger partial charge in [-0.1, -0.05) is 57.0 Å². The van der Waals surface area contributed by atoms with Gasteiger partial charge >= 0.3 is 5.97 Å². The summed E-state index contributed by atoms with van der Waals surface area (Å²) in [5, 5.41) is 3.08. The van der Waals surface area contributed by atoms with Gasteiger partial charge in [-0.2, -0.15) is 0 Å². The van der Waals surface area contributed by atoms with Crippen molar-refractivity contribution in [3.05, 3.63) is 41.1 Å². The highest BCUT2D eigenvalue weighted by Gasteiger charge is 2.31. The number of hydrogen-bond donors (Lipinski definition) is 1. The second-order valence-electron chi connectivity index (χ2n) is 10.0. The molecule has 35 heavy (non-hydrogen) atoms. The predicted molar refractivity (Wildman–Crippen MR) is 139 cm³/mol. The van der Waals surface area contributed by atoms with Crippen LogP contribution in [0.25, 0.3) is 11.3 Å². The first kappa shape index (κ1) is 26.6. The highest BCUT2D eigenvalue weighted by atomic mass is 16.5. The molecule has 7 nitrogen and oxygen atoms in total. The fraction of sp³-hybridized carbons (Fsp3) is 0.571. The standard InChI is InChI=1S/C28H40N4O3/c1-7-9-23(27(34)35-6)24-20(5)30-28(31-25(24)21-13-11-19(4)12-14-21)32-15-8-10-22(17-32)26(33)29-16-18(2)3/h11-14,18,22-23H,7-10,15-17H2,1-6H3,(H,29,33). The number of piperidine rings is 1. The number of rotatable bonds is 9. The van der Waals surface area contributed by atoms with Crippen LogP contribution in [0.2, 0.25) is 0 Å². The highest BCUT2D eigenvalue weighted by molar-refractivity contribution is 5.82. The Kier molecular flexibility index (Phi) is 9.24. The van der Waals surface area contributed by atoms with Crippen molar-refractivity contribution in [2.24, 2.45) is 11.8 Å². The van der Waals surface area contributed by atoms with Gasteiger partial charge in [0.2, 0.25) is 11.9 Å². The molecule has 2 aromatic rings. The molecule has 1 aromatic carbocycles. The van der Waals surface area contributed by atoms with Crippen molar-refractivity contribution >= 4 is 17.8 Å². The van der Waals surface area contributed by atoms with E-state index in [1.807, 2.05) is 26.0 Å². The first-order valence-corrected chi connectivity index (χ1v) is 12.8. The molecule has 2 heterocycles. The van der Waals surface area contributed by atoms with Crippen molar-refractivity contribution in [3.8, 4) is 11.3 Å². The number of carbonyl (C=O) groups excluding carboxylic acids is 2. The van der Waals surface area contributed by atoms with Crippen LogP contribution in [0, 0.1) is 25.7 Å². The molecule has 1 amide bonds. The lowest BCUT2D eigenvalue weighted by molar-refractivity contribution is -0.142. The molecular formula is C28H40N4O3. The Morgan fingerprint density at radius 2 is 1.89 bits per heavy atom. The van der Waals surface area contributed by atoms with Crippen LogP contribution in [-0.4, -0.2) is 48.6 Å². The fourth-order valence-electron chi connectivity index (χ4n) is 4.69. The van der Waals surface area contributed by atoms with E-state index < -0.39 is 5.92 Å². The van der Waals surface area contributed by atoms with Crippen LogP contribution in [0.15, 0.2) is 24.3 Å². The van der Waals surface area contributed by atoms with Crippen molar-refractivity contribution in [2.75, 3.05) is 31.6 Å². The van der Waals surface area contributed by atoms with Crippen LogP contribution < -0.4 is 10.2 Å². The third-order valence-electron chi connectivity index (χ3n) is 6.62. The summed E-state index contributed by atoms with van der Waals surface area (Å²) < 4.78 is 5.16. The summed E-state index contributed by atoms with van der Waals surface area (Å²) in [4.78, 5) is 37.5. The Morgan fingerprint density at radius 3 is 2.51 bits per heavy atom. The van der Waals surface area contributed by atoms with Crippen molar-refractivity contribution in [1.29, 1.82) is 0 Å². The topological polar surface area (TPSA) is 84.4 Å². The van der Waals surface area contributed by atoms with Crippen LogP contribution in [-0.2, 0) is 14.3 Å². The Morgan fingerprint density at radius 1 is 1.17 bits per heavy atom. The molecule has 3 rings (SSSR count). The van der Waals surface area contributed by atoms with Gasteiger partial charge in [0.15, 0.2) is 0 Å². The number of aryl methyl sites for hydroxylation is 2. The monoisotopic (exact) mass is 480 g/mol. The molecule has 1 aromatic heterocycles. The predicted octanol–water partition coefficient (Wildman–Crippen LogP) is 4.81. The van der Waals surface area contributed by atoms with E-state index in [2.05, 4.69) is 43.1 Å². The van der Waals surface area contributed by atoms with E-state index in [0.717, 1.165) is 53.9 Å². The van der Waals surface area contributed by atoms with E-state index in [1.54, 1.807) is 0 Å². The first-order valence-electron chi connectivity index (χ1n) is 12.8. The largest absolute Gasteiger partial charge is 0.469 e. The number of esters is 1. The summed E-state index contributed by atoms with van der Waals surface area (Å²) in [7, 11) is 1.43. The summed E-state index contributed by atoms with van der Waals surface area (Å²) in [6.07, 6.45) is 3.28. The zero-order valence-electron chi connectivity index (χ0n) is 22.1. The quantitative estimate of drug-likeness (QED) is 0.519. The molecule has 1 saturated heterocycles. The lowest BCUT2D eigenvalue weighted by Crippen LogP contribution is -2.44. The Hall–Kier alpha value is -2.96. The zero-order valence-corrected chi connectivity index (χ0v) is 22.1. The van der Waals surface area contributed by atoms with Gasteiger partial charge in [0.25, 0.3) is 0 Å². The van der Waals surface area contributed by atoms with E-state index in [-0.39, 0.29) is 17.8 Å². The smallest absolute Gasteiger partial charge is 0.313 e. The van der Waals surface area contributed by atoms with E-state index >= 15 is 0 Å². The third kappa shape index (κ3) is 6.59. The second-order valence-corrected chi connectivity index (χ2v) is 10.0. The van der Waals surface area contributed by atoms with E-state index in [0.29, 0.717) is 31.4 Å². The van der Waals surface area contributed by atoms with Crippen LogP contribution in [0.3, 0.4) is 0 Å². The molecule has 1 aliphatic heterocycles. The summed E-state index contributed by atoms with van der Waals surface area (Å²) in [5.74, 6) is 0.357. The molecular weight excluding hydrogens is 440 g/mol. The van der Waals surface area contributed by atoms with Gasteiger partial charge < -0.3 is 15.0 Å². The molecule has 0 spiro atoms. The van der Waals surface area contributed by atoms with Gasteiger partial charge in [-0.3, -0.25) is 9.59 Å². The minimum Gasteiger partial charge on any atom is -0.469 e. The van der Waals surface area contributed by atoms with Crippen molar-refractivity contribution < 1.29 is 14.3 Å². The van der Waals surface area contributed by atoms with E-state index in [4.69, 9.17) is 14.7 Å². The number of hydrogen-bond acceptors (Lipinski definition) is 6. The van der Waals surface area contributed by atoms with Crippen molar-refractivity contribution in [1.82, 2.24) is 15.3 Å². The molecule has 2 unspecified atom stereocenters. The Balaban J connectivity index is 2.01. The lowest BCUT2D eigenvalue weighted by atomic mass is 9.89. The summed E-state index contributed by atoms with van der Waals surface area (Å²) in [5.41, 5.74) is 4.48. The van der Waals surface area contributed by atoms with E-state index in [1.165, 1.54) is 7.11 Å². The van der Waals surface area contributed by atoms with Crippen molar-refractivity contribution in [2.45, 2.75) is 66.2 Å². The highest BCUT2D eigenvalue weighted by Crippen LogP contribution is 2.35. The van der Waals surface area contributed by atoms with Crippen LogP contribution in [0.1, 0.15) is 69.2 Å². The minimum absolute atomic E-state index is 0.0863. The number of nitrogens with one attached hydrogen (secondary N) is 1. The van der Waals surface area contributed by atoms with Gasteiger partial charge in [-0.05, 0) is 39.0 Å². The Bertz CT molecular complexity index is 1020. The van der Waals surface area contributed by atoms with Crippen LogP contribution in [0.5, 0.6) is 0 Å². The summed E-state index contributed by atoms with van der Waals surface area (Å²) in [6, 6.07) is 8.20. The van der Waals surface area contributed by atoms with Gasteiger partial charge in [0.05, 0.1) is 24.6 Å². The number of amides is 1. The maximum absolute atomic E-state index is 12.8. The normalized spacial score (nSPS) is 16.8. The van der Waals surface area contributed by atoms with Gasteiger partial charge in [-0.25, -0.2) is 9.97 Å². The second kappa shape index (κ2) is 12.1. The van der Waals surface area contributed by atoms with E-state index in [9.17, 15) is 9.59 Å². The molecule has 1 fully saturated rings. The maximum Gasteiger partial charge on any atom is 0.313 e. The SMILES string of the molecule is CCCC(C(=O)OC)c1c(C)nc(N2CCCC(C(=O)NCC(C)C)C2)nc1-c1ccc(C)cc1. The molecule has 1 N–H and O–H groups in total. The fourth-order valence-corrected chi connectivity index (χ4v) is 4.69. The number of aromatic nitrogens is 2. The Labute approximate surface area is 209 Å². The third-order valence-corrected chi connectivity index (χ3v) is 6.62. The minimum atomic E-state index is -0.425. The number of anilines is 1. The first-order chi connectivity index (χ1) is 16.7. The lowest BCUT2D eigenvalue weighted by Gasteiger charge is -2.33. The summed E-state index contributed by atoms with van der Waals surface area (Å²) >= 11 is 0. The number of carbonyl (C=O) groups is 2. The van der Waals surface area contributed by atoms with Gasteiger partial charge in [0, 0.05) is 36.5 Å². The number of methoxy groups -OCH3 is 1. The average molecular weight is 481 g/mol. The number of benzene rings is 1. The molecule has 1 aliphatic rings. The molecule has 0 saturated carbocycles. The van der Waals surface area contributed by atoms with Gasteiger partial charge in [0.1, 0.15) is 0 Å². The zero-order chi connectivity index (χ0) is 25.5. The van der Waals surface area contributed by atoms with Crippen LogP contribution >= 0.6 is 0 Å². The van der Waals surface area contributed by atoms with Crippen molar-refractivity contribution in [3.63, 3.8) is 0 Å². The molecule has 0 aliphatic carbocycles. The number of nitrogens with zero attached hydrogens (tertiary/aromatic N) is 3. The summed E-state index contributed by atoms with van der Waals surface area (Å²) in [6.45, 7) is 12.3. The molecule has 0 radical (unpaired) electrons. The van der Waals surface area contributed by atoms with Gasteiger partial charge in [-0.15, -0.1) is 0 Å². The molecule has 190 valence electrons. The van der Waals surface area contributed by atoms with Crippen LogP contribution in [0.4, 0.5) is 5.95 Å². The number of ether oxygens (including phenoxy) is 1. The molecule has 7 heteroatoms. The molecule has 2 atom stereocenters. The average Bonchev–Trinajstić information content (AvgIpc) is 2.85.